The van der Waals surface area contributed by atoms with Crippen LogP contribution in [-0.4, -0.2) is 50.3 Å². The predicted molar refractivity (Wildman–Crippen MR) is 98.7 cm³/mol. The predicted octanol–water partition coefficient (Wildman–Crippen LogP) is 1.25. The molecule has 0 spiro atoms. The number of nitrogens with zero attached hydrogens (tertiary/aromatic N) is 1. The standard InChI is InChI=1S/C15H28N4O2.HI/c1-3-16-14(19-11-15(2)7-4-10-21-15)18-9-8-17-13(20)12-5-6-12;/h12H,3-11H2,1-2H3,(H,17,20)(H2,16,18,19);1H. The van der Waals surface area contributed by atoms with Crippen LogP contribution in [0.15, 0.2) is 4.99 Å². The number of aliphatic imine (C=N–C) groups is 1. The fourth-order valence-electron chi connectivity index (χ4n) is 2.41. The highest BCUT2D eigenvalue weighted by Crippen LogP contribution is 2.28. The molecule has 0 bridgehead atoms. The van der Waals surface area contributed by atoms with E-state index in [0.717, 1.165) is 44.8 Å². The first kappa shape index (κ1) is 19.5. The molecule has 3 N–H and O–H groups in total. The average Bonchev–Trinajstić information content (AvgIpc) is 3.23. The minimum Gasteiger partial charge on any atom is -0.373 e. The molecule has 1 atom stereocenters. The fraction of sp³-hybridized carbons (Fsp3) is 0.867. The van der Waals surface area contributed by atoms with Crippen molar-refractivity contribution < 1.29 is 9.53 Å². The van der Waals surface area contributed by atoms with Crippen molar-refractivity contribution in [1.29, 1.82) is 0 Å². The number of halogens is 1. The lowest BCUT2D eigenvalue weighted by atomic mass is 10.0. The first-order valence-corrected chi connectivity index (χ1v) is 8.07. The molecule has 0 aromatic rings. The van der Waals surface area contributed by atoms with Crippen LogP contribution in [0.1, 0.15) is 39.5 Å². The molecule has 1 aliphatic carbocycles. The molecule has 1 amide bonds. The third-order valence-electron chi connectivity index (χ3n) is 3.88. The fourth-order valence-corrected chi connectivity index (χ4v) is 2.41. The van der Waals surface area contributed by atoms with Gasteiger partial charge < -0.3 is 20.7 Å². The summed E-state index contributed by atoms with van der Waals surface area (Å²) >= 11 is 0. The van der Waals surface area contributed by atoms with E-state index >= 15 is 0 Å². The Morgan fingerprint density at radius 3 is 2.59 bits per heavy atom. The van der Waals surface area contributed by atoms with Gasteiger partial charge in [0, 0.05) is 32.2 Å². The summed E-state index contributed by atoms with van der Waals surface area (Å²) in [6, 6.07) is 0. The van der Waals surface area contributed by atoms with Gasteiger partial charge in [0.1, 0.15) is 0 Å². The van der Waals surface area contributed by atoms with E-state index in [1.807, 2.05) is 6.92 Å². The maximum atomic E-state index is 11.5. The second kappa shape index (κ2) is 9.54. The monoisotopic (exact) mass is 424 g/mol. The molecule has 2 fully saturated rings. The molecule has 1 saturated carbocycles. The zero-order chi connectivity index (χ0) is 15.1. The van der Waals surface area contributed by atoms with Crippen LogP contribution < -0.4 is 16.0 Å². The molecule has 1 unspecified atom stereocenters. The van der Waals surface area contributed by atoms with Crippen LogP contribution in [0, 0.1) is 5.92 Å². The zero-order valence-electron chi connectivity index (χ0n) is 13.6. The van der Waals surface area contributed by atoms with E-state index < -0.39 is 0 Å². The molecule has 1 aliphatic heterocycles. The van der Waals surface area contributed by atoms with E-state index in [0.29, 0.717) is 19.6 Å². The van der Waals surface area contributed by atoms with Crippen molar-refractivity contribution in [3.63, 3.8) is 0 Å². The summed E-state index contributed by atoms with van der Waals surface area (Å²) in [4.78, 5) is 16.1. The minimum atomic E-state index is -0.122. The van der Waals surface area contributed by atoms with Gasteiger partial charge in [-0.05, 0) is 39.5 Å². The van der Waals surface area contributed by atoms with Gasteiger partial charge in [-0.2, -0.15) is 0 Å². The Hall–Kier alpha value is -0.570. The van der Waals surface area contributed by atoms with Crippen molar-refractivity contribution in [2.24, 2.45) is 10.9 Å². The molecule has 6 nitrogen and oxygen atoms in total. The third-order valence-corrected chi connectivity index (χ3v) is 3.88. The first-order chi connectivity index (χ1) is 10.1. The van der Waals surface area contributed by atoms with E-state index in [9.17, 15) is 4.79 Å². The molecule has 128 valence electrons. The number of carbonyl (C=O) groups excluding carboxylic acids is 1. The Labute approximate surface area is 150 Å². The summed E-state index contributed by atoms with van der Waals surface area (Å²) in [5.41, 5.74) is -0.122. The van der Waals surface area contributed by atoms with Crippen LogP contribution >= 0.6 is 24.0 Å². The van der Waals surface area contributed by atoms with Crippen molar-refractivity contribution in [2.45, 2.75) is 45.1 Å². The Morgan fingerprint density at radius 1 is 1.27 bits per heavy atom. The largest absolute Gasteiger partial charge is 0.373 e. The lowest BCUT2D eigenvalue weighted by molar-refractivity contribution is -0.122. The van der Waals surface area contributed by atoms with Gasteiger partial charge in [-0.1, -0.05) is 0 Å². The Kier molecular flexibility index (Phi) is 8.45. The lowest BCUT2D eigenvalue weighted by Crippen LogP contribution is -2.42. The summed E-state index contributed by atoms with van der Waals surface area (Å²) in [5.74, 6) is 1.24. The molecule has 22 heavy (non-hydrogen) atoms. The van der Waals surface area contributed by atoms with Gasteiger partial charge in [-0.3, -0.25) is 9.79 Å². The molecule has 2 rings (SSSR count). The molecule has 2 aliphatic rings. The van der Waals surface area contributed by atoms with E-state index in [-0.39, 0.29) is 41.4 Å². The maximum absolute atomic E-state index is 11.5. The van der Waals surface area contributed by atoms with Crippen LogP contribution in [0.2, 0.25) is 0 Å². The summed E-state index contributed by atoms with van der Waals surface area (Å²) in [6.07, 6.45) is 4.26. The van der Waals surface area contributed by atoms with Crippen LogP contribution in [0.25, 0.3) is 0 Å². The maximum Gasteiger partial charge on any atom is 0.223 e. The molecule has 0 aromatic carbocycles. The number of guanidine groups is 1. The summed E-state index contributed by atoms with van der Waals surface area (Å²) in [7, 11) is 0. The molecule has 7 heteroatoms. The number of carbonyl (C=O) groups is 1. The van der Waals surface area contributed by atoms with Gasteiger partial charge >= 0.3 is 0 Å². The number of amides is 1. The number of ether oxygens (including phenoxy) is 1. The highest BCUT2D eigenvalue weighted by molar-refractivity contribution is 14.0. The number of rotatable bonds is 7. The average molecular weight is 424 g/mol. The van der Waals surface area contributed by atoms with E-state index in [4.69, 9.17) is 4.74 Å². The van der Waals surface area contributed by atoms with Gasteiger partial charge in [0.15, 0.2) is 5.96 Å². The quantitative estimate of drug-likeness (QED) is 0.249. The van der Waals surface area contributed by atoms with Crippen molar-refractivity contribution >= 4 is 35.8 Å². The SMILES string of the molecule is CCNC(=NCC1(C)CCCO1)NCCNC(=O)C1CC1.I. The molecule has 1 saturated heterocycles. The first-order valence-electron chi connectivity index (χ1n) is 8.07. The number of nitrogens with one attached hydrogen (secondary N) is 3. The highest BCUT2D eigenvalue weighted by Gasteiger charge is 2.30. The van der Waals surface area contributed by atoms with E-state index in [1.54, 1.807) is 0 Å². The van der Waals surface area contributed by atoms with E-state index in [2.05, 4.69) is 27.9 Å². The minimum absolute atomic E-state index is 0. The van der Waals surface area contributed by atoms with Crippen LogP contribution in [0.4, 0.5) is 0 Å². The number of hydrogen-bond acceptors (Lipinski definition) is 3. The van der Waals surface area contributed by atoms with Crippen LogP contribution in [0.3, 0.4) is 0 Å². The summed E-state index contributed by atoms with van der Waals surface area (Å²) in [6.45, 7) is 7.79. The molecular weight excluding hydrogens is 395 g/mol. The van der Waals surface area contributed by atoms with Crippen molar-refractivity contribution in [3.05, 3.63) is 0 Å². The third kappa shape index (κ3) is 6.68. The Balaban J connectivity index is 0.00000242. The second-order valence-electron chi connectivity index (χ2n) is 6.09. The van der Waals surface area contributed by atoms with Gasteiger partial charge in [0.25, 0.3) is 0 Å². The number of hydrogen-bond donors (Lipinski definition) is 3. The lowest BCUT2D eigenvalue weighted by Gasteiger charge is -2.21. The van der Waals surface area contributed by atoms with E-state index in [1.165, 1.54) is 0 Å². The van der Waals surface area contributed by atoms with Crippen molar-refractivity contribution in [2.75, 3.05) is 32.8 Å². The zero-order valence-corrected chi connectivity index (χ0v) is 15.9. The van der Waals surface area contributed by atoms with Gasteiger partial charge in [-0.15, -0.1) is 24.0 Å². The summed E-state index contributed by atoms with van der Waals surface area (Å²) in [5, 5.41) is 9.40. The topological polar surface area (TPSA) is 74.8 Å². The normalized spacial score (nSPS) is 24.5. The van der Waals surface area contributed by atoms with Crippen LogP contribution in [-0.2, 0) is 9.53 Å². The Bertz CT molecular complexity index is 380. The van der Waals surface area contributed by atoms with Crippen molar-refractivity contribution in [1.82, 2.24) is 16.0 Å². The Morgan fingerprint density at radius 2 is 2.00 bits per heavy atom. The summed E-state index contributed by atoms with van der Waals surface area (Å²) < 4.78 is 5.74. The smallest absolute Gasteiger partial charge is 0.223 e. The molecule has 1 heterocycles. The van der Waals surface area contributed by atoms with Gasteiger partial charge in [0.2, 0.25) is 5.91 Å². The van der Waals surface area contributed by atoms with Gasteiger partial charge in [0.05, 0.1) is 12.1 Å². The molecule has 0 aromatic heterocycles. The highest BCUT2D eigenvalue weighted by atomic mass is 127. The second-order valence-corrected chi connectivity index (χ2v) is 6.09. The van der Waals surface area contributed by atoms with Crippen LogP contribution in [0.5, 0.6) is 0 Å². The van der Waals surface area contributed by atoms with Gasteiger partial charge in [-0.25, -0.2) is 0 Å². The molecule has 0 radical (unpaired) electrons. The van der Waals surface area contributed by atoms with Crippen molar-refractivity contribution in [3.8, 4) is 0 Å². The molecular formula is C15H29IN4O2.